The van der Waals surface area contributed by atoms with Crippen LogP contribution in [0.2, 0.25) is 0 Å². The summed E-state index contributed by atoms with van der Waals surface area (Å²) in [6.45, 7) is 2.74. The molecular weight excluding hydrogens is 370 g/mol. The van der Waals surface area contributed by atoms with E-state index >= 15 is 0 Å². The number of aliphatic carboxylic acids is 1. The third-order valence-electron chi connectivity index (χ3n) is 6.23. The Bertz CT molecular complexity index is 574. The predicted molar refractivity (Wildman–Crippen MR) is 112 cm³/mol. The lowest BCUT2D eigenvalue weighted by Crippen LogP contribution is -2.38. The third-order valence-corrected chi connectivity index (χ3v) is 6.23. The lowest BCUT2D eigenvalue weighted by molar-refractivity contribution is -0.131. The van der Waals surface area contributed by atoms with Crippen molar-refractivity contribution >= 4 is 17.7 Å². The van der Waals surface area contributed by atoms with Gasteiger partial charge in [0.1, 0.15) is 5.78 Å². The number of unbranched alkanes of at least 4 members (excludes halogenated alkanes) is 4. The number of fused-ring (bicyclic) bond motifs is 2. The zero-order chi connectivity index (χ0) is 21.1. The molecule has 2 saturated heterocycles. The number of Topliss-reactive ketones (excluding diaryl/α,β-unsaturated/α-hetero) is 1. The third kappa shape index (κ3) is 8.29. The Labute approximate surface area is 174 Å². The van der Waals surface area contributed by atoms with E-state index < -0.39 is 5.97 Å². The molecule has 6 nitrogen and oxygen atoms in total. The van der Waals surface area contributed by atoms with E-state index in [0.717, 1.165) is 57.8 Å². The fourth-order valence-electron chi connectivity index (χ4n) is 4.65. The Morgan fingerprint density at radius 2 is 1.76 bits per heavy atom. The van der Waals surface area contributed by atoms with E-state index in [0.29, 0.717) is 37.3 Å². The molecule has 0 aromatic heterocycles. The fourth-order valence-corrected chi connectivity index (χ4v) is 4.65. The van der Waals surface area contributed by atoms with Crippen LogP contribution in [0.5, 0.6) is 0 Å². The molecule has 164 valence electrons. The van der Waals surface area contributed by atoms with Crippen molar-refractivity contribution in [2.45, 2.75) is 96.2 Å². The number of ether oxygens (including phenoxy) is 1. The van der Waals surface area contributed by atoms with Gasteiger partial charge in [-0.3, -0.25) is 9.59 Å². The number of amides is 1. The molecule has 2 heterocycles. The minimum Gasteiger partial charge on any atom is -0.478 e. The minimum absolute atomic E-state index is 0.0332. The predicted octanol–water partition coefficient (Wildman–Crippen LogP) is 4.03. The zero-order valence-corrected chi connectivity index (χ0v) is 17.7. The van der Waals surface area contributed by atoms with Crippen LogP contribution in [0.3, 0.4) is 0 Å². The quantitative estimate of drug-likeness (QED) is 0.316. The molecule has 1 amide bonds. The molecule has 0 aliphatic carbocycles. The molecule has 2 aliphatic heterocycles. The number of nitrogens with one attached hydrogen (secondary N) is 1. The van der Waals surface area contributed by atoms with Crippen molar-refractivity contribution in [1.29, 1.82) is 0 Å². The SMILES string of the molecule is CCCCCC(=O)CCC(=O)NC[C@H]1[C@@H](CCCC/C=C/C(=O)O)[C@H]2CC[C@@H]1O2. The number of hydrogen-bond acceptors (Lipinski definition) is 4. The average molecular weight is 408 g/mol. The van der Waals surface area contributed by atoms with Gasteiger partial charge in [-0.2, -0.15) is 0 Å². The van der Waals surface area contributed by atoms with Crippen LogP contribution in [0.4, 0.5) is 0 Å². The van der Waals surface area contributed by atoms with Crippen LogP contribution in [0.1, 0.15) is 84.0 Å². The molecule has 0 aromatic rings. The highest BCUT2D eigenvalue weighted by Gasteiger charge is 2.48. The molecule has 0 aromatic carbocycles. The van der Waals surface area contributed by atoms with E-state index in [2.05, 4.69) is 12.2 Å². The van der Waals surface area contributed by atoms with Gasteiger partial charge in [0.25, 0.3) is 0 Å². The van der Waals surface area contributed by atoms with Crippen molar-refractivity contribution in [2.75, 3.05) is 6.54 Å². The summed E-state index contributed by atoms with van der Waals surface area (Å²) in [5.41, 5.74) is 0. The van der Waals surface area contributed by atoms with E-state index in [4.69, 9.17) is 9.84 Å². The fraction of sp³-hybridized carbons (Fsp3) is 0.783. The standard InChI is InChI=1S/C23H37NO5/c1-2-3-6-9-17(25)12-15-22(26)24-16-19-18(20-13-14-21(19)29-20)10-7-4-5-8-11-23(27)28/h8,11,18-21H,2-7,9-10,12-16H2,1H3,(H,24,26)(H,27,28)/b11-8+/t18-,19+,20-,21+/m1/s1. The van der Waals surface area contributed by atoms with Crippen LogP contribution in [-0.2, 0) is 19.1 Å². The van der Waals surface area contributed by atoms with E-state index in [1.165, 1.54) is 6.08 Å². The summed E-state index contributed by atoms with van der Waals surface area (Å²) in [5.74, 6) is 0.0755. The van der Waals surface area contributed by atoms with Crippen molar-refractivity contribution in [3.63, 3.8) is 0 Å². The van der Waals surface area contributed by atoms with Crippen molar-refractivity contribution in [3.05, 3.63) is 12.2 Å². The van der Waals surface area contributed by atoms with Crippen molar-refractivity contribution < 1.29 is 24.2 Å². The lowest BCUT2D eigenvalue weighted by Gasteiger charge is -2.28. The molecule has 4 atom stereocenters. The highest BCUT2D eigenvalue weighted by Crippen LogP contribution is 2.45. The smallest absolute Gasteiger partial charge is 0.327 e. The molecule has 2 fully saturated rings. The van der Waals surface area contributed by atoms with Crippen molar-refractivity contribution in [3.8, 4) is 0 Å². The van der Waals surface area contributed by atoms with Gasteiger partial charge in [-0.05, 0) is 44.4 Å². The number of hydrogen-bond donors (Lipinski definition) is 2. The Hall–Kier alpha value is -1.69. The Morgan fingerprint density at radius 3 is 2.48 bits per heavy atom. The molecule has 6 heteroatoms. The van der Waals surface area contributed by atoms with Gasteiger partial charge in [0.05, 0.1) is 12.2 Å². The lowest BCUT2D eigenvalue weighted by atomic mass is 9.76. The molecular formula is C23H37NO5. The maximum Gasteiger partial charge on any atom is 0.327 e. The molecule has 2 bridgehead atoms. The summed E-state index contributed by atoms with van der Waals surface area (Å²) in [5, 5.41) is 11.7. The van der Waals surface area contributed by atoms with Gasteiger partial charge in [0, 0.05) is 37.8 Å². The molecule has 0 spiro atoms. The first-order valence-corrected chi connectivity index (χ1v) is 11.3. The number of carboxylic acids is 1. The summed E-state index contributed by atoms with van der Waals surface area (Å²) >= 11 is 0. The van der Waals surface area contributed by atoms with E-state index in [9.17, 15) is 14.4 Å². The van der Waals surface area contributed by atoms with E-state index in [1.807, 2.05) is 0 Å². The van der Waals surface area contributed by atoms with Crippen LogP contribution in [0.15, 0.2) is 12.2 Å². The van der Waals surface area contributed by atoms with Gasteiger partial charge < -0.3 is 15.2 Å². The van der Waals surface area contributed by atoms with Crippen LogP contribution < -0.4 is 5.32 Å². The van der Waals surface area contributed by atoms with Crippen molar-refractivity contribution in [1.82, 2.24) is 5.32 Å². The number of ketones is 1. The second-order valence-electron chi connectivity index (χ2n) is 8.44. The summed E-state index contributed by atoms with van der Waals surface area (Å²) < 4.78 is 6.10. The number of carbonyl (C=O) groups excluding carboxylic acids is 2. The van der Waals surface area contributed by atoms with Gasteiger partial charge in [0.15, 0.2) is 0 Å². The monoisotopic (exact) mass is 407 g/mol. The molecule has 2 N–H and O–H groups in total. The first kappa shape index (κ1) is 23.6. The highest BCUT2D eigenvalue weighted by atomic mass is 16.5. The second kappa shape index (κ2) is 12.8. The minimum atomic E-state index is -0.898. The van der Waals surface area contributed by atoms with Crippen LogP contribution in [0.25, 0.3) is 0 Å². The Morgan fingerprint density at radius 1 is 1.00 bits per heavy atom. The van der Waals surface area contributed by atoms with Gasteiger partial charge in [0.2, 0.25) is 5.91 Å². The first-order valence-electron chi connectivity index (χ1n) is 11.3. The summed E-state index contributed by atoms with van der Waals surface area (Å²) in [4.78, 5) is 34.5. The number of carbonyl (C=O) groups is 3. The number of rotatable bonds is 15. The van der Waals surface area contributed by atoms with Crippen molar-refractivity contribution in [2.24, 2.45) is 11.8 Å². The molecule has 2 rings (SSSR count). The second-order valence-corrected chi connectivity index (χ2v) is 8.44. The summed E-state index contributed by atoms with van der Waals surface area (Å²) in [6, 6.07) is 0. The van der Waals surface area contributed by atoms with Crippen LogP contribution in [-0.4, -0.2) is 41.5 Å². The number of carboxylic acid groups (broad SMARTS) is 1. The molecule has 0 radical (unpaired) electrons. The molecule has 2 aliphatic rings. The van der Waals surface area contributed by atoms with Gasteiger partial charge in [-0.25, -0.2) is 4.79 Å². The van der Waals surface area contributed by atoms with E-state index in [-0.39, 0.29) is 24.2 Å². The molecule has 0 unspecified atom stereocenters. The number of allylic oxidation sites excluding steroid dienone is 1. The highest BCUT2D eigenvalue weighted by molar-refractivity contribution is 5.84. The normalized spacial score (nSPS) is 25.6. The largest absolute Gasteiger partial charge is 0.478 e. The molecule has 29 heavy (non-hydrogen) atoms. The average Bonchev–Trinajstić information content (AvgIpc) is 3.29. The van der Waals surface area contributed by atoms with Gasteiger partial charge in [-0.15, -0.1) is 0 Å². The first-order chi connectivity index (χ1) is 14.0. The Balaban J connectivity index is 1.66. The van der Waals surface area contributed by atoms with Crippen LogP contribution in [0, 0.1) is 11.8 Å². The van der Waals surface area contributed by atoms with Crippen LogP contribution >= 0.6 is 0 Å². The van der Waals surface area contributed by atoms with E-state index in [1.54, 1.807) is 6.08 Å². The summed E-state index contributed by atoms with van der Waals surface area (Å²) in [7, 11) is 0. The topological polar surface area (TPSA) is 92.7 Å². The van der Waals surface area contributed by atoms with Gasteiger partial charge in [-0.1, -0.05) is 32.3 Å². The maximum atomic E-state index is 12.2. The summed E-state index contributed by atoms with van der Waals surface area (Å²) in [6.07, 6.45) is 13.8. The van der Waals surface area contributed by atoms with Gasteiger partial charge >= 0.3 is 5.97 Å². The zero-order valence-electron chi connectivity index (χ0n) is 17.7. The molecule has 0 saturated carbocycles. The maximum absolute atomic E-state index is 12.2. The Kier molecular flexibility index (Phi) is 10.4.